The van der Waals surface area contributed by atoms with Crippen molar-refractivity contribution in [2.24, 2.45) is 5.16 Å². The Bertz CT molecular complexity index is 776. The molecule has 3 aromatic rings. The maximum Gasteiger partial charge on any atom is 0.178 e. The van der Waals surface area contributed by atoms with Crippen LogP contribution in [-0.2, 0) is 16.4 Å². The second kappa shape index (κ2) is 9.42. The second-order valence-corrected chi connectivity index (χ2v) is 6.13. The molecule has 1 radical (unpaired) electrons. The van der Waals surface area contributed by atoms with E-state index in [0.29, 0.717) is 0 Å². The van der Waals surface area contributed by atoms with E-state index in [1.165, 1.54) is 0 Å². The Morgan fingerprint density at radius 2 is 1.50 bits per heavy atom. The summed E-state index contributed by atoms with van der Waals surface area (Å²) >= 11 is 0. The number of benzene rings is 3. The average molecular weight is 344 g/mol. The highest BCUT2D eigenvalue weighted by Gasteiger charge is 2.14. The Labute approximate surface area is 154 Å². The molecule has 0 atom stereocenters. The summed E-state index contributed by atoms with van der Waals surface area (Å²) in [5, 5.41) is 15.5. The van der Waals surface area contributed by atoms with Crippen LogP contribution >= 0.6 is 0 Å². The number of unbranched alkanes of at least 4 members (excludes halogenated alkanes) is 1. The Kier molecular flexibility index (Phi) is 6.43. The van der Waals surface area contributed by atoms with Crippen LogP contribution in [0.3, 0.4) is 0 Å². The summed E-state index contributed by atoms with van der Waals surface area (Å²) in [6.07, 6.45) is 4.19. The first-order valence-corrected chi connectivity index (χ1v) is 8.86. The highest BCUT2D eigenvalue weighted by molar-refractivity contribution is 5.56. The van der Waals surface area contributed by atoms with Crippen molar-refractivity contribution < 1.29 is 9.94 Å². The van der Waals surface area contributed by atoms with Crippen LogP contribution in [-0.4, -0.2) is 6.21 Å². The molecule has 26 heavy (non-hydrogen) atoms. The van der Waals surface area contributed by atoms with Gasteiger partial charge in [-0.3, -0.25) is 5.11 Å². The lowest BCUT2D eigenvalue weighted by Crippen LogP contribution is -2.03. The molecule has 3 aromatic carbocycles. The van der Waals surface area contributed by atoms with Crippen LogP contribution in [0, 0.1) is 0 Å². The first-order valence-electron chi connectivity index (χ1n) is 8.86. The molecule has 0 N–H and O–H groups in total. The van der Waals surface area contributed by atoms with Gasteiger partial charge in [-0.25, -0.2) is 0 Å². The highest BCUT2D eigenvalue weighted by atomic mass is 16.6. The lowest BCUT2D eigenvalue weighted by atomic mass is 10.0. The molecule has 131 valence electrons. The fourth-order valence-corrected chi connectivity index (χ4v) is 2.82. The number of oxime groups is 1. The summed E-state index contributed by atoms with van der Waals surface area (Å²) in [5.74, 6) is 0.0630. The molecule has 0 saturated carbocycles. The van der Waals surface area contributed by atoms with Crippen molar-refractivity contribution in [3.63, 3.8) is 0 Å². The zero-order valence-electron chi connectivity index (χ0n) is 14.6. The minimum atomic E-state index is -0.217. The molecule has 0 aliphatic heterocycles. The topological polar surface area (TPSA) is 41.5 Å². The zero-order valence-corrected chi connectivity index (χ0v) is 14.6. The van der Waals surface area contributed by atoms with Gasteiger partial charge >= 0.3 is 0 Å². The van der Waals surface area contributed by atoms with Gasteiger partial charge in [0.05, 0.1) is 0 Å². The van der Waals surface area contributed by atoms with E-state index in [2.05, 4.69) is 5.16 Å². The van der Waals surface area contributed by atoms with Crippen LogP contribution in [0.5, 0.6) is 5.75 Å². The lowest BCUT2D eigenvalue weighted by molar-refractivity contribution is 0.0882. The first-order chi connectivity index (χ1) is 12.8. The van der Waals surface area contributed by atoms with Gasteiger partial charge in [0, 0.05) is 6.21 Å². The summed E-state index contributed by atoms with van der Waals surface area (Å²) < 4.78 is 0. The van der Waals surface area contributed by atoms with Crippen LogP contribution in [0.1, 0.15) is 35.6 Å². The normalized spacial score (nSPS) is 11.1. The predicted octanol–water partition coefficient (Wildman–Crippen LogP) is 5.95. The molecule has 3 nitrogen and oxygen atoms in total. The highest BCUT2D eigenvalue weighted by Crippen LogP contribution is 2.25. The summed E-state index contributed by atoms with van der Waals surface area (Å²) in [5.41, 5.74) is 3.21. The predicted molar refractivity (Wildman–Crippen MR) is 104 cm³/mol. The largest absolute Gasteiger partial charge is 0.383 e. The van der Waals surface area contributed by atoms with Gasteiger partial charge in [0.1, 0.15) is 0 Å². The van der Waals surface area contributed by atoms with Gasteiger partial charge in [-0.2, -0.15) is 0 Å². The van der Waals surface area contributed by atoms with Crippen molar-refractivity contribution in [3.8, 4) is 5.75 Å². The van der Waals surface area contributed by atoms with E-state index in [4.69, 9.17) is 4.84 Å². The lowest BCUT2D eigenvalue weighted by Gasteiger charge is -2.15. The number of rotatable bonds is 8. The van der Waals surface area contributed by atoms with Gasteiger partial charge in [0.15, 0.2) is 11.9 Å². The molecule has 0 heterocycles. The molecule has 0 aromatic heterocycles. The maximum atomic E-state index is 11.3. The average Bonchev–Trinajstić information content (AvgIpc) is 2.69. The second-order valence-electron chi connectivity index (χ2n) is 6.13. The van der Waals surface area contributed by atoms with Gasteiger partial charge in [0.25, 0.3) is 0 Å². The molecule has 0 aliphatic rings. The van der Waals surface area contributed by atoms with Crippen LogP contribution in [0.4, 0.5) is 0 Å². The maximum absolute atomic E-state index is 11.3. The van der Waals surface area contributed by atoms with Crippen molar-refractivity contribution in [2.75, 3.05) is 0 Å². The minimum Gasteiger partial charge on any atom is -0.383 e. The van der Waals surface area contributed by atoms with Crippen molar-refractivity contribution in [1.82, 2.24) is 0 Å². The number of hydrogen-bond donors (Lipinski definition) is 0. The quantitative estimate of drug-likeness (QED) is 0.283. The smallest absolute Gasteiger partial charge is 0.178 e. The molecule has 3 heteroatoms. The molecule has 0 saturated heterocycles. The van der Waals surface area contributed by atoms with Gasteiger partial charge in [-0.1, -0.05) is 78.0 Å². The molecular formula is C23H22NO2. The Morgan fingerprint density at radius 1 is 0.846 bits per heavy atom. The van der Waals surface area contributed by atoms with Crippen molar-refractivity contribution in [1.29, 1.82) is 0 Å². The van der Waals surface area contributed by atoms with Gasteiger partial charge in [-0.05, 0) is 48.1 Å². The summed E-state index contributed by atoms with van der Waals surface area (Å²) in [6.45, 7) is 0. The summed E-state index contributed by atoms with van der Waals surface area (Å²) in [6, 6.07) is 27.2. The van der Waals surface area contributed by atoms with Crippen LogP contribution < -0.4 is 0 Å². The number of hydrogen-bond acceptors (Lipinski definition) is 2. The minimum absolute atomic E-state index is 0.0630. The summed E-state index contributed by atoms with van der Waals surface area (Å²) in [4.78, 5) is 5.81. The van der Waals surface area contributed by atoms with Crippen LogP contribution in [0.2, 0.25) is 0 Å². The molecular weight excluding hydrogens is 322 g/mol. The first kappa shape index (κ1) is 17.7. The van der Waals surface area contributed by atoms with E-state index < -0.39 is 0 Å². The molecule has 0 fully saturated rings. The zero-order chi connectivity index (χ0) is 18.0. The Morgan fingerprint density at radius 3 is 2.12 bits per heavy atom. The van der Waals surface area contributed by atoms with Gasteiger partial charge in [0.2, 0.25) is 0 Å². The summed E-state index contributed by atoms with van der Waals surface area (Å²) in [7, 11) is 0. The molecule has 0 aliphatic carbocycles. The number of nitrogens with zero attached hydrogens (tertiary/aromatic N) is 1. The Balaban J connectivity index is 1.55. The van der Waals surface area contributed by atoms with E-state index in [-0.39, 0.29) is 11.9 Å². The SMILES string of the molecule is [O]c1cccc(CCCC=NOC(c2ccccc2)c2ccccc2)c1. The number of aryl methyl sites for hydroxylation is 1. The third kappa shape index (κ3) is 5.21. The van der Waals surface area contributed by atoms with Gasteiger partial charge < -0.3 is 4.84 Å². The fraction of sp³-hybridized carbons (Fsp3) is 0.174. The van der Waals surface area contributed by atoms with E-state index in [0.717, 1.165) is 36.0 Å². The van der Waals surface area contributed by atoms with E-state index in [1.54, 1.807) is 24.4 Å². The van der Waals surface area contributed by atoms with Crippen molar-refractivity contribution in [3.05, 3.63) is 102 Å². The monoisotopic (exact) mass is 344 g/mol. The third-order valence-electron chi connectivity index (χ3n) is 4.14. The Hall–Kier alpha value is -3.07. The van der Waals surface area contributed by atoms with E-state index in [9.17, 15) is 5.11 Å². The standard InChI is InChI=1S/C23H22NO2/c25-22-16-9-11-19(18-22)10-7-8-17-24-26-23(20-12-3-1-4-13-20)21-14-5-2-6-15-21/h1-6,9,11-18,23H,7-8,10H2. The molecule has 3 rings (SSSR count). The fourth-order valence-electron chi connectivity index (χ4n) is 2.82. The molecule has 0 amide bonds. The van der Waals surface area contributed by atoms with E-state index >= 15 is 0 Å². The van der Waals surface area contributed by atoms with Crippen molar-refractivity contribution >= 4 is 6.21 Å². The van der Waals surface area contributed by atoms with E-state index in [1.807, 2.05) is 66.7 Å². The van der Waals surface area contributed by atoms with Crippen molar-refractivity contribution in [2.45, 2.75) is 25.4 Å². The molecule has 0 bridgehead atoms. The molecule has 0 unspecified atom stereocenters. The van der Waals surface area contributed by atoms with Crippen LogP contribution in [0.15, 0.2) is 90.1 Å². The molecule has 0 spiro atoms. The van der Waals surface area contributed by atoms with Crippen LogP contribution in [0.25, 0.3) is 0 Å². The van der Waals surface area contributed by atoms with Gasteiger partial charge in [-0.15, -0.1) is 0 Å². The third-order valence-corrected chi connectivity index (χ3v) is 4.14.